The van der Waals surface area contributed by atoms with Crippen LogP contribution in [0.2, 0.25) is 0 Å². The van der Waals surface area contributed by atoms with Crippen LogP contribution in [0.3, 0.4) is 0 Å². The second kappa shape index (κ2) is 7.61. The molecule has 0 spiro atoms. The predicted octanol–water partition coefficient (Wildman–Crippen LogP) is 4.62. The fourth-order valence-electron chi connectivity index (χ4n) is 2.04. The number of hydrogen-bond donors (Lipinski definition) is 1. The number of thiophene rings is 1. The van der Waals surface area contributed by atoms with Gasteiger partial charge >= 0.3 is 0 Å². The van der Waals surface area contributed by atoms with Gasteiger partial charge in [0.1, 0.15) is 10.1 Å². The van der Waals surface area contributed by atoms with Crippen LogP contribution in [0.4, 0.5) is 0 Å². The summed E-state index contributed by atoms with van der Waals surface area (Å²) in [6, 6.07) is 7.86. The van der Waals surface area contributed by atoms with Crippen LogP contribution in [0.5, 0.6) is 5.75 Å². The molecule has 1 aliphatic rings. The van der Waals surface area contributed by atoms with Crippen molar-refractivity contribution in [1.29, 1.82) is 0 Å². The van der Waals surface area contributed by atoms with Crippen LogP contribution in [-0.2, 0) is 11.2 Å². The number of benzene rings is 1. The number of thioether (sulfide) groups is 1. The van der Waals surface area contributed by atoms with E-state index in [1.54, 1.807) is 11.3 Å². The highest BCUT2D eigenvalue weighted by atomic mass is 79.9. The van der Waals surface area contributed by atoms with Gasteiger partial charge in [0.25, 0.3) is 5.91 Å². The molecule has 2 heterocycles. The molecule has 118 valence electrons. The zero-order valence-corrected chi connectivity index (χ0v) is 15.9. The van der Waals surface area contributed by atoms with E-state index in [0.29, 0.717) is 15.8 Å². The second-order valence-electron chi connectivity index (χ2n) is 4.76. The summed E-state index contributed by atoms with van der Waals surface area (Å²) >= 11 is 11.4. The molecule has 3 rings (SSSR count). The van der Waals surface area contributed by atoms with Crippen LogP contribution >= 0.6 is 51.2 Å². The van der Waals surface area contributed by atoms with Crippen molar-refractivity contribution in [2.75, 3.05) is 6.61 Å². The topological polar surface area (TPSA) is 38.3 Å². The highest BCUT2D eigenvalue weighted by Gasteiger charge is 2.22. The van der Waals surface area contributed by atoms with Gasteiger partial charge in [0.2, 0.25) is 0 Å². The molecule has 7 heteroatoms. The van der Waals surface area contributed by atoms with Crippen LogP contribution in [0.15, 0.2) is 44.4 Å². The zero-order valence-electron chi connectivity index (χ0n) is 11.9. The number of ether oxygens (including phenoxy) is 1. The maximum atomic E-state index is 11.8. The maximum Gasteiger partial charge on any atom is 0.263 e. The molecular weight excluding hydrogens is 414 g/mol. The van der Waals surface area contributed by atoms with Crippen LogP contribution in [0.1, 0.15) is 11.1 Å². The summed E-state index contributed by atoms with van der Waals surface area (Å²) in [7, 11) is 0. The number of nitrogens with one attached hydrogen (secondary N) is 1. The number of hydrogen-bond acceptors (Lipinski definition) is 5. The van der Waals surface area contributed by atoms with E-state index >= 15 is 0 Å². The molecule has 23 heavy (non-hydrogen) atoms. The Bertz CT molecular complexity index is 772. The molecule has 1 amide bonds. The van der Waals surface area contributed by atoms with Crippen LogP contribution in [0, 0.1) is 0 Å². The summed E-state index contributed by atoms with van der Waals surface area (Å²) < 4.78 is 7.32. The van der Waals surface area contributed by atoms with Crippen molar-refractivity contribution in [1.82, 2.24) is 5.32 Å². The molecule has 1 N–H and O–H groups in total. The van der Waals surface area contributed by atoms with Gasteiger partial charge in [-0.25, -0.2) is 0 Å². The third-order valence-electron chi connectivity index (χ3n) is 3.13. The lowest BCUT2D eigenvalue weighted by Crippen LogP contribution is -2.17. The van der Waals surface area contributed by atoms with Crippen molar-refractivity contribution in [3.8, 4) is 5.75 Å². The number of carbonyl (C=O) groups excluding carboxylic acids is 1. The standard InChI is InChI=1S/C16H12BrNO2S3/c17-12-1-2-13(20-5-3-10-4-6-22-9-10)11(7-12)8-14-15(19)18-16(21)23-14/h1-2,4,6-9H,3,5H2,(H,18,19,21). The Hall–Kier alpha value is -1.15. The first-order valence-corrected chi connectivity index (χ1v) is 9.76. The van der Waals surface area contributed by atoms with E-state index in [0.717, 1.165) is 22.2 Å². The number of carbonyl (C=O) groups is 1. The number of halogens is 1. The van der Waals surface area contributed by atoms with Gasteiger partial charge in [-0.3, -0.25) is 4.79 Å². The molecule has 0 aliphatic carbocycles. The van der Waals surface area contributed by atoms with Crippen molar-refractivity contribution < 1.29 is 9.53 Å². The van der Waals surface area contributed by atoms with Gasteiger partial charge < -0.3 is 10.1 Å². The van der Waals surface area contributed by atoms with Crippen LogP contribution < -0.4 is 10.1 Å². The van der Waals surface area contributed by atoms with Crippen molar-refractivity contribution in [2.45, 2.75) is 6.42 Å². The van der Waals surface area contributed by atoms with E-state index < -0.39 is 0 Å². The van der Waals surface area contributed by atoms with Gasteiger partial charge in [0.05, 0.1) is 11.5 Å². The first kappa shape index (κ1) is 16.7. The van der Waals surface area contributed by atoms with Crippen molar-refractivity contribution >= 4 is 67.6 Å². The molecule has 2 aromatic rings. The molecule has 0 atom stereocenters. The average molecular weight is 426 g/mol. The van der Waals surface area contributed by atoms with E-state index in [1.807, 2.05) is 24.3 Å². The van der Waals surface area contributed by atoms with Gasteiger partial charge in [0.15, 0.2) is 0 Å². The smallest absolute Gasteiger partial charge is 0.263 e. The lowest BCUT2D eigenvalue weighted by molar-refractivity contribution is -0.115. The van der Waals surface area contributed by atoms with Crippen LogP contribution in [0.25, 0.3) is 6.08 Å². The Morgan fingerprint density at radius 3 is 2.91 bits per heavy atom. The third kappa shape index (κ3) is 4.44. The van der Waals surface area contributed by atoms with E-state index in [4.69, 9.17) is 17.0 Å². The summed E-state index contributed by atoms with van der Waals surface area (Å²) in [5.74, 6) is 0.589. The first-order valence-electron chi connectivity index (χ1n) is 6.80. The van der Waals surface area contributed by atoms with Crippen molar-refractivity contribution in [3.63, 3.8) is 0 Å². The van der Waals surface area contributed by atoms with Crippen molar-refractivity contribution in [3.05, 3.63) is 55.5 Å². The molecule has 0 saturated carbocycles. The number of thiocarbonyl (C=S) groups is 1. The second-order valence-corrected chi connectivity index (χ2v) is 8.18. The molecular formula is C16H12BrNO2S3. The number of rotatable bonds is 5. The van der Waals surface area contributed by atoms with Gasteiger partial charge in [-0.1, -0.05) is 39.9 Å². The van der Waals surface area contributed by atoms with E-state index in [2.05, 4.69) is 38.1 Å². The molecule has 1 saturated heterocycles. The Kier molecular flexibility index (Phi) is 5.53. The summed E-state index contributed by atoms with van der Waals surface area (Å²) in [6.45, 7) is 0.590. The highest BCUT2D eigenvalue weighted by Crippen LogP contribution is 2.31. The van der Waals surface area contributed by atoms with Gasteiger partial charge in [-0.05, 0) is 46.7 Å². The molecule has 1 aromatic heterocycles. The third-order valence-corrected chi connectivity index (χ3v) is 5.52. The lowest BCUT2D eigenvalue weighted by Gasteiger charge is -2.10. The molecule has 0 bridgehead atoms. The Labute approximate surface area is 156 Å². The minimum atomic E-state index is -0.163. The minimum absolute atomic E-state index is 0.163. The highest BCUT2D eigenvalue weighted by molar-refractivity contribution is 9.10. The van der Waals surface area contributed by atoms with Gasteiger partial charge in [0, 0.05) is 16.5 Å². The molecule has 0 unspecified atom stereocenters. The zero-order chi connectivity index (χ0) is 16.2. The number of amides is 1. The fraction of sp³-hybridized carbons (Fsp3) is 0.125. The SMILES string of the molecule is O=C1NC(=S)SC1=Cc1cc(Br)ccc1OCCc1ccsc1. The summed E-state index contributed by atoms with van der Waals surface area (Å²) in [4.78, 5) is 12.4. The van der Waals surface area contributed by atoms with Gasteiger partial charge in [-0.2, -0.15) is 11.3 Å². The fourth-order valence-corrected chi connectivity index (χ4v) is 4.16. The summed E-state index contributed by atoms with van der Waals surface area (Å²) in [6.07, 6.45) is 2.67. The quantitative estimate of drug-likeness (QED) is 0.559. The van der Waals surface area contributed by atoms with Crippen molar-refractivity contribution in [2.24, 2.45) is 0 Å². The van der Waals surface area contributed by atoms with E-state index in [9.17, 15) is 4.79 Å². The summed E-state index contributed by atoms with van der Waals surface area (Å²) in [5.41, 5.74) is 2.12. The molecule has 0 radical (unpaired) electrons. The maximum absolute atomic E-state index is 11.8. The minimum Gasteiger partial charge on any atom is -0.493 e. The Balaban J connectivity index is 1.76. The molecule has 1 fully saturated rings. The Morgan fingerprint density at radius 2 is 2.22 bits per heavy atom. The normalized spacial score (nSPS) is 16.0. The van der Waals surface area contributed by atoms with E-state index in [-0.39, 0.29) is 5.91 Å². The first-order chi connectivity index (χ1) is 11.1. The molecule has 1 aromatic carbocycles. The van der Waals surface area contributed by atoms with Gasteiger partial charge in [-0.15, -0.1) is 0 Å². The van der Waals surface area contributed by atoms with E-state index in [1.165, 1.54) is 17.3 Å². The van der Waals surface area contributed by atoms with Crippen LogP contribution in [-0.4, -0.2) is 16.8 Å². The largest absolute Gasteiger partial charge is 0.493 e. The summed E-state index contributed by atoms with van der Waals surface area (Å²) in [5, 5.41) is 6.80. The monoisotopic (exact) mass is 425 g/mol. The lowest BCUT2D eigenvalue weighted by atomic mass is 10.2. The average Bonchev–Trinajstić information content (AvgIpc) is 3.12. The molecule has 1 aliphatic heterocycles. The predicted molar refractivity (Wildman–Crippen MR) is 104 cm³/mol. The Morgan fingerprint density at radius 1 is 1.35 bits per heavy atom. The molecule has 3 nitrogen and oxygen atoms in total.